The van der Waals surface area contributed by atoms with E-state index in [0.29, 0.717) is 6.54 Å². The molecule has 1 aliphatic carbocycles. The van der Waals surface area contributed by atoms with Crippen LogP contribution in [0, 0.1) is 0 Å². The number of hydrogen-bond donors (Lipinski definition) is 0. The van der Waals surface area contributed by atoms with Crippen LogP contribution in [-0.4, -0.2) is 60.6 Å². The molecule has 0 unspecified atom stereocenters. The number of carbonyl (C=O) groups is 1. The molecule has 2 aromatic carbocycles. The Morgan fingerprint density at radius 1 is 0.970 bits per heavy atom. The highest BCUT2D eigenvalue weighted by atomic mass is 16.5. The van der Waals surface area contributed by atoms with Crippen molar-refractivity contribution < 1.29 is 9.53 Å². The fourth-order valence-corrected chi connectivity index (χ4v) is 5.91. The number of benzene rings is 2. The molecular formula is C28H39N3O2. The molecule has 33 heavy (non-hydrogen) atoms. The monoisotopic (exact) mass is 449 g/mol. The average molecular weight is 450 g/mol. The van der Waals surface area contributed by atoms with Crippen molar-refractivity contribution in [1.29, 1.82) is 0 Å². The van der Waals surface area contributed by atoms with Crippen molar-refractivity contribution in [2.45, 2.75) is 63.1 Å². The molecule has 1 spiro atoms. The summed E-state index contributed by atoms with van der Waals surface area (Å²) in [5, 5.41) is 0. The van der Waals surface area contributed by atoms with Crippen LogP contribution >= 0.6 is 0 Å². The second-order valence-electron chi connectivity index (χ2n) is 10.0. The summed E-state index contributed by atoms with van der Waals surface area (Å²) < 4.78 is 5.29. The highest BCUT2D eigenvalue weighted by Gasteiger charge is 2.54. The molecule has 0 N–H and O–H groups in total. The van der Waals surface area contributed by atoms with Crippen LogP contribution in [-0.2, 0) is 12.1 Å². The summed E-state index contributed by atoms with van der Waals surface area (Å²) in [4.78, 5) is 20.3. The van der Waals surface area contributed by atoms with Crippen LogP contribution < -0.4 is 4.74 Å². The number of carbonyl (C=O) groups excluding carboxylic acids is 1. The highest BCUT2D eigenvalue weighted by molar-refractivity contribution is 5.78. The van der Waals surface area contributed by atoms with Crippen molar-refractivity contribution in [1.82, 2.24) is 14.7 Å². The van der Waals surface area contributed by atoms with Crippen LogP contribution in [0.2, 0.25) is 0 Å². The van der Waals surface area contributed by atoms with Gasteiger partial charge in [0.1, 0.15) is 5.75 Å². The average Bonchev–Trinajstić information content (AvgIpc) is 3.09. The van der Waals surface area contributed by atoms with E-state index in [4.69, 9.17) is 4.74 Å². The number of unbranched alkanes of at least 4 members (excludes halogenated alkanes) is 1. The predicted molar refractivity (Wildman–Crippen MR) is 133 cm³/mol. The van der Waals surface area contributed by atoms with Crippen LogP contribution in [0.15, 0.2) is 54.6 Å². The van der Waals surface area contributed by atoms with E-state index in [1.54, 1.807) is 7.11 Å². The zero-order valence-corrected chi connectivity index (χ0v) is 20.7. The maximum Gasteiger partial charge on any atom is 0.320 e. The van der Waals surface area contributed by atoms with E-state index in [1.807, 2.05) is 12.1 Å². The first-order valence-corrected chi connectivity index (χ1v) is 12.4. The van der Waals surface area contributed by atoms with Gasteiger partial charge in [0.15, 0.2) is 0 Å². The van der Waals surface area contributed by atoms with E-state index in [0.717, 1.165) is 62.9 Å². The van der Waals surface area contributed by atoms with Crippen molar-refractivity contribution in [2.75, 3.05) is 34.3 Å². The number of rotatable bonds is 8. The molecular weight excluding hydrogens is 410 g/mol. The molecule has 1 aliphatic heterocycles. The van der Waals surface area contributed by atoms with Gasteiger partial charge >= 0.3 is 6.03 Å². The lowest BCUT2D eigenvalue weighted by Gasteiger charge is -2.51. The summed E-state index contributed by atoms with van der Waals surface area (Å²) in [6.45, 7) is 4.54. The van der Waals surface area contributed by atoms with Crippen molar-refractivity contribution in [3.63, 3.8) is 0 Å². The van der Waals surface area contributed by atoms with Gasteiger partial charge in [-0.15, -0.1) is 0 Å². The summed E-state index contributed by atoms with van der Waals surface area (Å²) in [5.41, 5.74) is 2.52. The fourth-order valence-electron chi connectivity index (χ4n) is 5.91. The molecule has 0 bridgehead atoms. The molecule has 5 nitrogen and oxygen atoms in total. The molecule has 178 valence electrons. The summed E-state index contributed by atoms with van der Waals surface area (Å²) >= 11 is 0. The SMILES string of the molecule is CCCCN1C(=O)N(Cc2ccc(OC)cc2)C[C@]12CC[C@@](c1ccccc1)(N(C)C)CC2. The molecule has 0 radical (unpaired) electrons. The van der Waals surface area contributed by atoms with Gasteiger partial charge in [0.05, 0.1) is 12.6 Å². The van der Waals surface area contributed by atoms with Gasteiger partial charge in [-0.2, -0.15) is 0 Å². The van der Waals surface area contributed by atoms with Gasteiger partial charge in [0.25, 0.3) is 0 Å². The van der Waals surface area contributed by atoms with Crippen LogP contribution in [0.3, 0.4) is 0 Å². The zero-order chi connectivity index (χ0) is 23.5. The first-order valence-electron chi connectivity index (χ1n) is 12.4. The third-order valence-corrected chi connectivity index (χ3v) is 8.00. The quantitative estimate of drug-likeness (QED) is 0.534. The molecule has 2 fully saturated rings. The van der Waals surface area contributed by atoms with Gasteiger partial charge in [-0.25, -0.2) is 4.79 Å². The molecule has 0 aromatic heterocycles. The fraction of sp³-hybridized carbons (Fsp3) is 0.536. The lowest BCUT2D eigenvalue weighted by molar-refractivity contribution is 0.0242. The Morgan fingerprint density at radius 3 is 2.21 bits per heavy atom. The Bertz CT molecular complexity index is 918. The Kier molecular flexibility index (Phi) is 6.99. The van der Waals surface area contributed by atoms with E-state index in [9.17, 15) is 4.79 Å². The molecule has 1 heterocycles. The van der Waals surface area contributed by atoms with Gasteiger partial charge in [-0.1, -0.05) is 55.8 Å². The van der Waals surface area contributed by atoms with Crippen LogP contribution in [0.1, 0.15) is 56.6 Å². The van der Waals surface area contributed by atoms with Gasteiger partial charge in [-0.05, 0) is 69.5 Å². The van der Waals surface area contributed by atoms with Crippen LogP contribution in [0.25, 0.3) is 0 Å². The van der Waals surface area contributed by atoms with Crippen LogP contribution in [0.5, 0.6) is 5.75 Å². The van der Waals surface area contributed by atoms with E-state index < -0.39 is 0 Å². The maximum absolute atomic E-state index is 13.6. The second-order valence-corrected chi connectivity index (χ2v) is 10.0. The molecule has 5 heteroatoms. The molecule has 0 atom stereocenters. The van der Waals surface area contributed by atoms with Crippen molar-refractivity contribution >= 4 is 6.03 Å². The molecule has 2 aliphatic rings. The number of nitrogens with zero attached hydrogens (tertiary/aromatic N) is 3. The topological polar surface area (TPSA) is 36.0 Å². The molecule has 1 saturated carbocycles. The Labute approximate surface area is 199 Å². The smallest absolute Gasteiger partial charge is 0.320 e. The Balaban J connectivity index is 1.56. The number of urea groups is 1. The second kappa shape index (κ2) is 9.76. The zero-order valence-electron chi connectivity index (χ0n) is 20.7. The van der Waals surface area contributed by atoms with Crippen molar-refractivity contribution in [3.8, 4) is 5.75 Å². The van der Waals surface area contributed by atoms with E-state index >= 15 is 0 Å². The Hall–Kier alpha value is -2.53. The minimum Gasteiger partial charge on any atom is -0.497 e. The van der Waals surface area contributed by atoms with Gasteiger partial charge < -0.3 is 14.5 Å². The van der Waals surface area contributed by atoms with E-state index in [2.05, 4.69) is 78.2 Å². The molecule has 2 aromatic rings. The predicted octanol–water partition coefficient (Wildman–Crippen LogP) is 5.50. The molecule has 1 saturated heterocycles. The number of amides is 2. The largest absolute Gasteiger partial charge is 0.497 e. The van der Waals surface area contributed by atoms with Gasteiger partial charge in [0, 0.05) is 25.2 Å². The highest BCUT2D eigenvalue weighted by Crippen LogP contribution is 2.49. The third-order valence-electron chi connectivity index (χ3n) is 8.00. The van der Waals surface area contributed by atoms with Crippen molar-refractivity contribution in [3.05, 3.63) is 65.7 Å². The van der Waals surface area contributed by atoms with Gasteiger partial charge in [0.2, 0.25) is 0 Å². The first kappa shape index (κ1) is 23.6. The standard InChI is InChI=1S/C28H39N3O2/c1-5-6-20-31-26(32)30(21-23-12-14-25(33-4)15-13-23)22-27(31)16-18-28(19-17-27,29(2)3)24-10-8-7-9-11-24/h7-15H,5-6,16-22H2,1-4H3/t27-,28-. The molecule has 4 rings (SSSR count). The molecule has 2 amide bonds. The number of hydrogen-bond acceptors (Lipinski definition) is 3. The maximum atomic E-state index is 13.6. The Morgan fingerprint density at radius 2 is 1.64 bits per heavy atom. The first-order chi connectivity index (χ1) is 15.9. The minimum absolute atomic E-state index is 0.0371. The van der Waals surface area contributed by atoms with E-state index in [-0.39, 0.29) is 17.1 Å². The van der Waals surface area contributed by atoms with E-state index in [1.165, 1.54) is 5.56 Å². The summed E-state index contributed by atoms with van der Waals surface area (Å²) in [7, 11) is 6.09. The number of methoxy groups -OCH3 is 1. The summed E-state index contributed by atoms with van der Waals surface area (Å²) in [6.07, 6.45) is 6.36. The lowest BCUT2D eigenvalue weighted by Crippen LogP contribution is -2.55. The summed E-state index contributed by atoms with van der Waals surface area (Å²) in [6, 6.07) is 19.2. The van der Waals surface area contributed by atoms with Crippen molar-refractivity contribution in [2.24, 2.45) is 0 Å². The van der Waals surface area contributed by atoms with Gasteiger partial charge in [-0.3, -0.25) is 4.90 Å². The lowest BCUT2D eigenvalue weighted by atomic mass is 9.68. The summed E-state index contributed by atoms with van der Waals surface area (Å²) in [5.74, 6) is 0.848. The minimum atomic E-state index is -0.0625. The number of ether oxygens (including phenoxy) is 1. The normalized spacial score (nSPS) is 25.3. The third kappa shape index (κ3) is 4.48. The van der Waals surface area contributed by atoms with Crippen LogP contribution in [0.4, 0.5) is 4.79 Å².